The number of ether oxygens (including phenoxy) is 1. The van der Waals surface area contributed by atoms with E-state index in [-0.39, 0.29) is 6.61 Å². The molecule has 0 bridgehead atoms. The maximum atomic E-state index is 11.2. The molecule has 0 heterocycles. The van der Waals surface area contributed by atoms with Crippen LogP contribution in [0.15, 0.2) is 16.6 Å². The normalized spacial score (nSPS) is 10.8. The van der Waals surface area contributed by atoms with Gasteiger partial charge in [0.2, 0.25) is 0 Å². The molecule has 2 nitrogen and oxygen atoms in total. The minimum absolute atomic E-state index is 0.148. The Balaban J connectivity index is 4.95. The van der Waals surface area contributed by atoms with Crippen molar-refractivity contribution in [3.8, 4) is 0 Å². The van der Waals surface area contributed by atoms with Crippen molar-refractivity contribution in [2.45, 2.75) is 13.8 Å². The van der Waals surface area contributed by atoms with E-state index in [9.17, 15) is 4.57 Å². The second kappa shape index (κ2) is 5.11. The van der Waals surface area contributed by atoms with Gasteiger partial charge in [-0.2, -0.15) is 0 Å². The molecule has 12 heavy (non-hydrogen) atoms. The first-order valence-corrected chi connectivity index (χ1v) is 6.81. The highest BCUT2D eigenvalue weighted by molar-refractivity contribution is 8.11. The highest BCUT2D eigenvalue weighted by Crippen LogP contribution is 2.63. The molecule has 0 saturated heterocycles. The summed E-state index contributed by atoms with van der Waals surface area (Å²) in [5.41, 5.74) is 3.67. The molecule has 0 N–H and O–H groups in total. The number of hydrogen-bond acceptors (Lipinski definition) is 2. The summed E-state index contributed by atoms with van der Waals surface area (Å²) in [5.74, 6) is -3.24. The first-order valence-electron chi connectivity index (χ1n) is 3.29. The Hall–Kier alpha value is 0.290. The third kappa shape index (κ3) is 5.03. The van der Waals surface area contributed by atoms with Crippen LogP contribution >= 0.6 is 28.3 Å². The Morgan fingerprint density at radius 3 is 2.25 bits per heavy atom. The molecule has 0 fully saturated rings. The smallest absolute Gasteiger partial charge is 0.287 e. The summed E-state index contributed by atoms with van der Waals surface area (Å²) in [4.78, 5) is 0. The topological polar surface area (TPSA) is 26.3 Å². The van der Waals surface area contributed by atoms with Crippen LogP contribution in [0.25, 0.3) is 0 Å². The summed E-state index contributed by atoms with van der Waals surface area (Å²) >= 11 is 10.9. The Morgan fingerprint density at radius 1 is 1.50 bits per heavy atom. The minimum atomic E-state index is -3.24. The van der Waals surface area contributed by atoms with Crippen molar-refractivity contribution in [1.29, 1.82) is 0 Å². The highest BCUT2D eigenvalue weighted by Gasteiger charge is 2.20. The summed E-state index contributed by atoms with van der Waals surface area (Å²) in [5, 5.41) is 0.313. The average Bonchev–Trinajstić information content (AvgIpc) is 1.83. The molecule has 5 heteroatoms. The van der Waals surface area contributed by atoms with Crippen molar-refractivity contribution in [2.75, 3.05) is 13.7 Å². The molecule has 0 aliphatic carbocycles. The van der Waals surface area contributed by atoms with Crippen molar-refractivity contribution < 1.29 is 9.30 Å². The molecule has 0 atom stereocenters. The number of methoxy groups -OCH3 is 1. The molecule has 0 aromatic heterocycles. The lowest BCUT2D eigenvalue weighted by atomic mass is 10.4. The van der Waals surface area contributed by atoms with Gasteiger partial charge in [-0.05, 0) is 41.9 Å². The summed E-state index contributed by atoms with van der Waals surface area (Å²) in [6, 6.07) is 0. The van der Waals surface area contributed by atoms with E-state index >= 15 is 0 Å². The van der Waals surface area contributed by atoms with E-state index in [2.05, 4.69) is 5.73 Å². The summed E-state index contributed by atoms with van der Waals surface area (Å²) in [6.07, 6.45) is 0. The van der Waals surface area contributed by atoms with Crippen molar-refractivity contribution in [3.63, 3.8) is 0 Å². The third-order valence-corrected chi connectivity index (χ3v) is 3.08. The van der Waals surface area contributed by atoms with Crippen LogP contribution < -0.4 is 0 Å². The molecule has 0 radical (unpaired) electrons. The van der Waals surface area contributed by atoms with Gasteiger partial charge in [0.25, 0.3) is 5.85 Å². The van der Waals surface area contributed by atoms with E-state index in [1.165, 1.54) is 7.11 Å². The van der Waals surface area contributed by atoms with Crippen molar-refractivity contribution >= 4 is 28.3 Å². The predicted molar refractivity (Wildman–Crippen MR) is 53.1 cm³/mol. The summed E-state index contributed by atoms with van der Waals surface area (Å²) in [7, 11) is 1.48. The quantitative estimate of drug-likeness (QED) is 0.544. The van der Waals surface area contributed by atoms with Gasteiger partial charge in [-0.15, -0.1) is 5.73 Å². The largest absolute Gasteiger partial charge is 0.379 e. The van der Waals surface area contributed by atoms with Gasteiger partial charge >= 0.3 is 0 Å². The molecule has 0 unspecified atom stereocenters. The van der Waals surface area contributed by atoms with Gasteiger partial charge in [0.15, 0.2) is 0 Å². The Kier molecular flexibility index (Phi) is 5.24. The molecule has 70 valence electrons. The fraction of sp³-hybridized carbons (Fsp3) is 0.571. The lowest BCUT2D eigenvalue weighted by Gasteiger charge is -2.03. The van der Waals surface area contributed by atoms with Gasteiger partial charge in [0, 0.05) is 7.11 Å². The zero-order valence-corrected chi connectivity index (χ0v) is 9.63. The average molecular weight is 229 g/mol. The maximum Gasteiger partial charge on any atom is 0.287 e. The number of rotatable bonds is 3. The molecule has 0 rings (SSSR count). The van der Waals surface area contributed by atoms with Gasteiger partial charge in [-0.1, -0.05) is 0 Å². The molecule has 0 spiro atoms. The van der Waals surface area contributed by atoms with Crippen LogP contribution in [0.3, 0.4) is 0 Å². The maximum absolute atomic E-state index is 11.2. The first kappa shape index (κ1) is 12.3. The Labute approximate surface area is 82.1 Å². The van der Waals surface area contributed by atoms with Gasteiger partial charge in [0.05, 0.1) is 11.9 Å². The molecule has 0 saturated carbocycles. The fourth-order valence-corrected chi connectivity index (χ4v) is 1.78. The van der Waals surface area contributed by atoms with Crippen molar-refractivity contribution in [2.24, 2.45) is 0 Å². The second-order valence-corrected chi connectivity index (χ2v) is 7.31. The predicted octanol–water partition coefficient (Wildman–Crippen LogP) is 3.75. The van der Waals surface area contributed by atoms with Crippen LogP contribution in [0.5, 0.6) is 0 Å². The van der Waals surface area contributed by atoms with Gasteiger partial charge in [-0.3, -0.25) is 4.57 Å². The van der Waals surface area contributed by atoms with Crippen LogP contribution in [0.4, 0.5) is 0 Å². The molecular weight excluding hydrogens is 218 g/mol. The lowest BCUT2D eigenvalue weighted by Crippen LogP contribution is -1.89. The van der Waals surface area contributed by atoms with E-state index in [4.69, 9.17) is 27.2 Å². The second-order valence-electron chi connectivity index (χ2n) is 2.47. The van der Waals surface area contributed by atoms with Gasteiger partial charge in [-0.25, -0.2) is 0 Å². The molecule has 0 aromatic rings. The van der Waals surface area contributed by atoms with Gasteiger partial charge < -0.3 is 4.74 Å². The molecule has 0 amide bonds. The summed E-state index contributed by atoms with van der Waals surface area (Å²) in [6.45, 7) is 3.79. The SMILES string of the molecule is COCC(=C=C(C)C)P(=O)(Cl)Cl. The number of hydrogen-bond donors (Lipinski definition) is 0. The van der Waals surface area contributed by atoms with E-state index in [0.717, 1.165) is 5.57 Å². The highest BCUT2D eigenvalue weighted by atomic mass is 35.9. The van der Waals surface area contributed by atoms with E-state index in [0.29, 0.717) is 5.31 Å². The number of halogens is 2. The zero-order chi connectivity index (χ0) is 9.78. The Bertz CT molecular complexity index is 257. The van der Waals surface area contributed by atoms with Crippen LogP contribution in [-0.2, 0) is 9.30 Å². The van der Waals surface area contributed by atoms with E-state index in [1.807, 2.05) is 13.8 Å². The van der Waals surface area contributed by atoms with Crippen molar-refractivity contribution in [1.82, 2.24) is 0 Å². The van der Waals surface area contributed by atoms with Gasteiger partial charge in [0.1, 0.15) is 0 Å². The molecule has 0 aromatic carbocycles. The fourth-order valence-electron chi connectivity index (χ4n) is 0.602. The zero-order valence-electron chi connectivity index (χ0n) is 7.23. The first-order chi connectivity index (χ1) is 5.38. The molecule has 0 aliphatic heterocycles. The van der Waals surface area contributed by atoms with Crippen LogP contribution in [0.2, 0.25) is 0 Å². The molecular formula is C7H11Cl2O2P. The van der Waals surface area contributed by atoms with Crippen molar-refractivity contribution in [3.05, 3.63) is 16.6 Å². The van der Waals surface area contributed by atoms with E-state index < -0.39 is 5.85 Å². The third-order valence-electron chi connectivity index (χ3n) is 0.990. The monoisotopic (exact) mass is 228 g/mol. The van der Waals surface area contributed by atoms with E-state index in [1.54, 1.807) is 0 Å². The van der Waals surface area contributed by atoms with Crippen LogP contribution in [0.1, 0.15) is 13.8 Å². The lowest BCUT2D eigenvalue weighted by molar-refractivity contribution is 0.231. The standard InChI is InChI=1S/C7H11Cl2O2P/c1-6(2)4-7(5-11-3)12(8,9)10/h5H2,1-3H3. The Morgan fingerprint density at radius 2 is 2.00 bits per heavy atom. The summed E-state index contributed by atoms with van der Waals surface area (Å²) < 4.78 is 16.0. The minimum Gasteiger partial charge on any atom is -0.379 e. The van der Waals surface area contributed by atoms with Crippen LogP contribution in [0, 0.1) is 0 Å². The molecule has 0 aliphatic rings. The van der Waals surface area contributed by atoms with Crippen LogP contribution in [-0.4, -0.2) is 13.7 Å².